The molecule has 2 rings (SSSR count). The summed E-state index contributed by atoms with van der Waals surface area (Å²) in [6, 6.07) is 10.3. The Morgan fingerprint density at radius 3 is 2.39 bits per heavy atom. The molecule has 0 saturated heterocycles. The van der Waals surface area contributed by atoms with E-state index in [2.05, 4.69) is 15.4 Å². The molecular weight excluding hydrogens is 384 g/mol. The highest BCUT2D eigenvalue weighted by molar-refractivity contribution is 7.89. The van der Waals surface area contributed by atoms with Gasteiger partial charge in [0.25, 0.3) is 11.6 Å². The zero-order valence-corrected chi connectivity index (χ0v) is 16.4. The molecule has 28 heavy (non-hydrogen) atoms. The van der Waals surface area contributed by atoms with Gasteiger partial charge < -0.3 is 10.6 Å². The van der Waals surface area contributed by atoms with Gasteiger partial charge in [-0.3, -0.25) is 14.9 Å². The van der Waals surface area contributed by atoms with Crippen LogP contribution in [0, 0.1) is 17.0 Å². The lowest BCUT2D eigenvalue weighted by atomic mass is 10.1. The molecule has 0 heterocycles. The largest absolute Gasteiger partial charge is 0.383 e. The number of carbonyl (C=O) groups excluding carboxylic acids is 1. The minimum absolute atomic E-state index is 0.00160. The third-order valence-electron chi connectivity index (χ3n) is 3.92. The van der Waals surface area contributed by atoms with Crippen LogP contribution < -0.4 is 15.4 Å². The Morgan fingerprint density at radius 1 is 1.11 bits per heavy atom. The fourth-order valence-corrected chi connectivity index (χ4v) is 3.53. The summed E-state index contributed by atoms with van der Waals surface area (Å²) in [4.78, 5) is 22.6. The molecule has 0 saturated carbocycles. The number of amides is 1. The SMILES string of the molecule is CCNS(=O)(=O)c1ccc(C)c(C(=O)NCCNc2ccc([N+](=O)[O-])cc2)c1. The van der Waals surface area contributed by atoms with Crippen LogP contribution in [0.5, 0.6) is 0 Å². The highest BCUT2D eigenvalue weighted by Crippen LogP contribution is 2.16. The zero-order valence-electron chi connectivity index (χ0n) is 15.6. The van der Waals surface area contributed by atoms with Crippen LogP contribution in [0.25, 0.3) is 0 Å². The first kappa shape index (κ1) is 21.3. The standard InChI is InChI=1S/C18H22N4O5S/c1-3-21-28(26,27)16-9-4-13(2)17(12-16)18(23)20-11-10-19-14-5-7-15(8-6-14)22(24)25/h4-9,12,19,21H,3,10-11H2,1-2H3,(H,20,23). The summed E-state index contributed by atoms with van der Waals surface area (Å²) in [5.41, 5.74) is 1.64. The molecule has 0 aliphatic carbocycles. The lowest BCUT2D eigenvalue weighted by molar-refractivity contribution is -0.384. The number of benzene rings is 2. The summed E-state index contributed by atoms with van der Waals surface area (Å²) in [5, 5.41) is 16.4. The number of carbonyl (C=O) groups is 1. The highest BCUT2D eigenvalue weighted by atomic mass is 32.2. The van der Waals surface area contributed by atoms with Crippen LogP contribution in [0.3, 0.4) is 0 Å². The van der Waals surface area contributed by atoms with E-state index >= 15 is 0 Å². The minimum Gasteiger partial charge on any atom is -0.383 e. The van der Waals surface area contributed by atoms with Gasteiger partial charge in [0.1, 0.15) is 0 Å². The van der Waals surface area contributed by atoms with Crippen LogP contribution >= 0.6 is 0 Å². The molecule has 0 unspecified atom stereocenters. The maximum atomic E-state index is 12.4. The van der Waals surface area contributed by atoms with Gasteiger partial charge in [0.15, 0.2) is 0 Å². The van der Waals surface area contributed by atoms with Crippen molar-refractivity contribution in [2.24, 2.45) is 0 Å². The van der Waals surface area contributed by atoms with Crippen molar-refractivity contribution in [2.45, 2.75) is 18.7 Å². The molecule has 0 fully saturated rings. The van der Waals surface area contributed by atoms with E-state index in [4.69, 9.17) is 0 Å². The van der Waals surface area contributed by atoms with Crippen LogP contribution in [-0.2, 0) is 10.0 Å². The fourth-order valence-electron chi connectivity index (χ4n) is 2.47. The number of hydrogen-bond donors (Lipinski definition) is 3. The molecular formula is C18H22N4O5S. The third kappa shape index (κ3) is 5.51. The summed E-state index contributed by atoms with van der Waals surface area (Å²) in [6.07, 6.45) is 0. The number of nitro benzene ring substituents is 1. The van der Waals surface area contributed by atoms with E-state index in [0.717, 1.165) is 0 Å². The normalized spacial score (nSPS) is 11.1. The number of rotatable bonds is 9. The smallest absolute Gasteiger partial charge is 0.269 e. The van der Waals surface area contributed by atoms with Crippen molar-refractivity contribution in [3.05, 3.63) is 63.7 Å². The average molecular weight is 406 g/mol. The molecule has 0 atom stereocenters. The van der Waals surface area contributed by atoms with Gasteiger partial charge in [0.2, 0.25) is 10.0 Å². The molecule has 0 spiro atoms. The number of hydrogen-bond acceptors (Lipinski definition) is 6. The number of aryl methyl sites for hydroxylation is 1. The van der Waals surface area contributed by atoms with Crippen molar-refractivity contribution in [1.29, 1.82) is 0 Å². The van der Waals surface area contributed by atoms with Gasteiger partial charge in [-0.15, -0.1) is 0 Å². The van der Waals surface area contributed by atoms with Crippen molar-refractivity contribution in [2.75, 3.05) is 25.0 Å². The van der Waals surface area contributed by atoms with Gasteiger partial charge in [0.05, 0.1) is 9.82 Å². The van der Waals surface area contributed by atoms with Gasteiger partial charge >= 0.3 is 0 Å². The Kier molecular flexibility index (Phi) is 7.07. The maximum Gasteiger partial charge on any atom is 0.269 e. The second-order valence-corrected chi connectivity index (χ2v) is 7.73. The summed E-state index contributed by atoms with van der Waals surface area (Å²) >= 11 is 0. The summed E-state index contributed by atoms with van der Waals surface area (Å²) < 4.78 is 26.6. The summed E-state index contributed by atoms with van der Waals surface area (Å²) in [5.74, 6) is -0.378. The number of sulfonamides is 1. The van der Waals surface area contributed by atoms with E-state index in [0.29, 0.717) is 24.3 Å². The molecule has 0 aliphatic heterocycles. The van der Waals surface area contributed by atoms with Gasteiger partial charge in [0, 0.05) is 43.0 Å². The van der Waals surface area contributed by atoms with E-state index in [-0.39, 0.29) is 28.6 Å². The van der Waals surface area contributed by atoms with Crippen molar-refractivity contribution in [3.63, 3.8) is 0 Å². The molecule has 2 aromatic carbocycles. The molecule has 10 heteroatoms. The lowest BCUT2D eigenvalue weighted by Crippen LogP contribution is -2.30. The van der Waals surface area contributed by atoms with E-state index in [1.165, 1.54) is 24.3 Å². The van der Waals surface area contributed by atoms with E-state index in [1.54, 1.807) is 32.0 Å². The molecule has 9 nitrogen and oxygen atoms in total. The van der Waals surface area contributed by atoms with Gasteiger partial charge in [-0.1, -0.05) is 13.0 Å². The van der Waals surface area contributed by atoms with E-state index in [1.807, 2.05) is 0 Å². The average Bonchev–Trinajstić information content (AvgIpc) is 2.65. The molecule has 150 valence electrons. The van der Waals surface area contributed by atoms with Crippen molar-refractivity contribution in [3.8, 4) is 0 Å². The second-order valence-electron chi connectivity index (χ2n) is 5.96. The first-order valence-corrected chi connectivity index (χ1v) is 10.1. The Balaban J connectivity index is 1.95. The Hall–Kier alpha value is -2.98. The van der Waals surface area contributed by atoms with Crippen molar-refractivity contribution in [1.82, 2.24) is 10.0 Å². The first-order chi connectivity index (χ1) is 13.2. The van der Waals surface area contributed by atoms with E-state index in [9.17, 15) is 23.3 Å². The number of nitrogens with one attached hydrogen (secondary N) is 3. The van der Waals surface area contributed by atoms with Crippen LogP contribution in [0.4, 0.5) is 11.4 Å². The van der Waals surface area contributed by atoms with Gasteiger partial charge in [-0.25, -0.2) is 13.1 Å². The van der Waals surface area contributed by atoms with Crippen LogP contribution in [-0.4, -0.2) is 38.9 Å². The van der Waals surface area contributed by atoms with E-state index < -0.39 is 14.9 Å². The quantitative estimate of drug-likeness (QED) is 0.332. The number of nitro groups is 1. The second kappa shape index (κ2) is 9.29. The van der Waals surface area contributed by atoms with Crippen LogP contribution in [0.2, 0.25) is 0 Å². The molecule has 0 aromatic heterocycles. The van der Waals surface area contributed by atoms with Gasteiger partial charge in [-0.05, 0) is 36.8 Å². The molecule has 2 aromatic rings. The van der Waals surface area contributed by atoms with Crippen LogP contribution in [0.1, 0.15) is 22.8 Å². The lowest BCUT2D eigenvalue weighted by Gasteiger charge is -2.11. The zero-order chi connectivity index (χ0) is 20.7. The number of non-ortho nitro benzene ring substituents is 1. The predicted molar refractivity (Wildman–Crippen MR) is 106 cm³/mol. The minimum atomic E-state index is -3.64. The van der Waals surface area contributed by atoms with Crippen LogP contribution in [0.15, 0.2) is 47.4 Å². The first-order valence-electron chi connectivity index (χ1n) is 8.61. The Morgan fingerprint density at radius 2 is 1.79 bits per heavy atom. The molecule has 0 radical (unpaired) electrons. The third-order valence-corrected chi connectivity index (χ3v) is 5.46. The number of nitrogens with zero attached hydrogens (tertiary/aromatic N) is 1. The topological polar surface area (TPSA) is 130 Å². The fraction of sp³-hybridized carbons (Fsp3) is 0.278. The summed E-state index contributed by atoms with van der Waals surface area (Å²) in [7, 11) is -3.64. The molecule has 3 N–H and O–H groups in total. The maximum absolute atomic E-state index is 12.4. The Labute approximate surface area is 163 Å². The predicted octanol–water partition coefficient (Wildman–Crippen LogP) is 2.04. The number of anilines is 1. The summed E-state index contributed by atoms with van der Waals surface area (Å²) in [6.45, 7) is 4.36. The molecule has 1 amide bonds. The van der Waals surface area contributed by atoms with Gasteiger partial charge in [-0.2, -0.15) is 0 Å². The molecule has 0 aliphatic rings. The Bertz CT molecular complexity index is 958. The monoisotopic (exact) mass is 406 g/mol. The molecule has 0 bridgehead atoms. The highest BCUT2D eigenvalue weighted by Gasteiger charge is 2.17. The van der Waals surface area contributed by atoms with Crippen molar-refractivity contribution < 1.29 is 18.1 Å². The van der Waals surface area contributed by atoms with Crippen molar-refractivity contribution >= 4 is 27.3 Å².